The van der Waals surface area contributed by atoms with E-state index >= 15 is 0 Å². The highest BCUT2D eigenvalue weighted by molar-refractivity contribution is 7.97. The van der Waals surface area contributed by atoms with Gasteiger partial charge in [-0.3, -0.25) is 0 Å². The molecule has 0 unspecified atom stereocenters. The van der Waals surface area contributed by atoms with Crippen LogP contribution in [0.4, 0.5) is 0 Å². The summed E-state index contributed by atoms with van der Waals surface area (Å²) < 4.78 is 0. The van der Waals surface area contributed by atoms with Crippen LogP contribution in [0, 0.1) is 0 Å². The van der Waals surface area contributed by atoms with Crippen LogP contribution in [0.3, 0.4) is 0 Å². The molecule has 0 nitrogen and oxygen atoms in total. The molecule has 0 fully saturated rings. The summed E-state index contributed by atoms with van der Waals surface area (Å²) in [5.74, 6) is 0.528. The van der Waals surface area contributed by atoms with Crippen molar-refractivity contribution in [3.05, 3.63) is 90.0 Å². The first-order chi connectivity index (χ1) is 10.9. The first-order valence-electron chi connectivity index (χ1n) is 7.87. The Morgan fingerprint density at radius 1 is 0.682 bits per heavy atom. The summed E-state index contributed by atoms with van der Waals surface area (Å²) in [6.45, 7) is 2.30. The summed E-state index contributed by atoms with van der Waals surface area (Å²) >= 11 is 0. The molecular formula is C21H19S+. The van der Waals surface area contributed by atoms with Gasteiger partial charge in [0, 0.05) is 17.0 Å². The number of fused-ring (bicyclic) bond motifs is 2. The molecule has 3 aromatic rings. The van der Waals surface area contributed by atoms with Crippen molar-refractivity contribution in [3.8, 4) is 0 Å². The third-order valence-electron chi connectivity index (χ3n) is 4.42. The fourth-order valence-corrected chi connectivity index (χ4v) is 5.94. The monoisotopic (exact) mass is 303 g/mol. The first kappa shape index (κ1) is 13.7. The highest BCUT2D eigenvalue weighted by Crippen LogP contribution is 2.46. The zero-order chi connectivity index (χ0) is 14.9. The molecule has 0 bridgehead atoms. The zero-order valence-electron chi connectivity index (χ0n) is 12.7. The lowest BCUT2D eigenvalue weighted by atomic mass is 9.88. The molecule has 1 heterocycles. The Balaban J connectivity index is 2.00. The van der Waals surface area contributed by atoms with E-state index in [1.54, 1.807) is 0 Å². The molecule has 22 heavy (non-hydrogen) atoms. The molecule has 0 saturated heterocycles. The predicted molar refractivity (Wildman–Crippen MR) is 93.6 cm³/mol. The van der Waals surface area contributed by atoms with Crippen molar-refractivity contribution in [2.24, 2.45) is 0 Å². The number of hydrogen-bond donors (Lipinski definition) is 0. The van der Waals surface area contributed by atoms with Gasteiger partial charge in [0.1, 0.15) is 0 Å². The van der Waals surface area contributed by atoms with E-state index in [1.807, 2.05) is 0 Å². The van der Waals surface area contributed by atoms with E-state index in [0.29, 0.717) is 5.92 Å². The minimum atomic E-state index is 0.0198. The van der Waals surface area contributed by atoms with Crippen LogP contribution in [-0.2, 0) is 10.9 Å². The van der Waals surface area contributed by atoms with E-state index in [-0.39, 0.29) is 10.9 Å². The van der Waals surface area contributed by atoms with Crippen LogP contribution in [0.25, 0.3) is 0 Å². The molecule has 1 heteroatoms. The molecule has 0 spiro atoms. The minimum absolute atomic E-state index is 0.0198. The van der Waals surface area contributed by atoms with Gasteiger partial charge in [0.2, 0.25) is 0 Å². The van der Waals surface area contributed by atoms with Crippen molar-refractivity contribution < 1.29 is 0 Å². The lowest BCUT2D eigenvalue weighted by molar-refractivity contribution is 0.736. The van der Waals surface area contributed by atoms with Gasteiger partial charge in [-0.15, -0.1) is 0 Å². The normalized spacial score (nSPS) is 19.3. The minimum Gasteiger partial charge on any atom is -0.0645 e. The van der Waals surface area contributed by atoms with Crippen LogP contribution in [0.5, 0.6) is 0 Å². The summed E-state index contributed by atoms with van der Waals surface area (Å²) in [6.07, 6.45) is 1.15. The lowest BCUT2D eigenvalue weighted by Crippen LogP contribution is -2.19. The molecule has 0 aliphatic carbocycles. The fraction of sp³-hybridized carbons (Fsp3) is 0.143. The summed E-state index contributed by atoms with van der Waals surface area (Å²) in [6, 6.07) is 29.0. The van der Waals surface area contributed by atoms with Crippen LogP contribution in [0.1, 0.15) is 30.4 Å². The maximum absolute atomic E-state index is 2.32. The fourth-order valence-electron chi connectivity index (χ4n) is 3.44. The van der Waals surface area contributed by atoms with Crippen LogP contribution in [0.15, 0.2) is 93.5 Å². The SMILES string of the molecule is CCC1c2ccccc2[S+](c2ccccc2)c2ccccc21. The van der Waals surface area contributed by atoms with Gasteiger partial charge >= 0.3 is 0 Å². The highest BCUT2D eigenvalue weighted by Gasteiger charge is 2.40. The quantitative estimate of drug-likeness (QED) is 0.538. The molecule has 0 N–H and O–H groups in total. The van der Waals surface area contributed by atoms with Crippen molar-refractivity contribution in [2.75, 3.05) is 0 Å². The van der Waals surface area contributed by atoms with Crippen LogP contribution >= 0.6 is 0 Å². The molecule has 108 valence electrons. The average molecular weight is 303 g/mol. The summed E-state index contributed by atoms with van der Waals surface area (Å²) in [5.41, 5.74) is 3.02. The van der Waals surface area contributed by atoms with Crippen LogP contribution in [0.2, 0.25) is 0 Å². The van der Waals surface area contributed by atoms with Crippen LogP contribution < -0.4 is 0 Å². The maximum Gasteiger partial charge on any atom is 0.170 e. The van der Waals surface area contributed by atoms with E-state index in [9.17, 15) is 0 Å². The Labute approximate surface area is 135 Å². The summed E-state index contributed by atoms with van der Waals surface area (Å²) in [5, 5.41) is 0. The molecule has 0 atom stereocenters. The molecule has 1 aliphatic heterocycles. The van der Waals surface area contributed by atoms with Crippen molar-refractivity contribution in [3.63, 3.8) is 0 Å². The smallest absolute Gasteiger partial charge is 0.0645 e. The van der Waals surface area contributed by atoms with Gasteiger partial charge in [-0.05, 0) is 30.7 Å². The van der Waals surface area contributed by atoms with Crippen molar-refractivity contribution >= 4 is 10.9 Å². The second-order valence-corrected chi connectivity index (χ2v) is 7.62. The van der Waals surface area contributed by atoms with Crippen molar-refractivity contribution in [1.29, 1.82) is 0 Å². The third kappa shape index (κ3) is 2.08. The number of hydrogen-bond acceptors (Lipinski definition) is 0. The van der Waals surface area contributed by atoms with E-state index < -0.39 is 0 Å². The lowest BCUT2D eigenvalue weighted by Gasteiger charge is -2.26. The Morgan fingerprint density at radius 3 is 1.73 bits per heavy atom. The van der Waals surface area contributed by atoms with Crippen molar-refractivity contribution in [1.82, 2.24) is 0 Å². The Bertz CT molecular complexity index is 744. The van der Waals surface area contributed by atoms with Gasteiger partial charge in [-0.1, -0.05) is 61.5 Å². The van der Waals surface area contributed by atoms with Gasteiger partial charge in [0.05, 0.1) is 10.9 Å². The molecular weight excluding hydrogens is 284 g/mol. The van der Waals surface area contributed by atoms with E-state index in [4.69, 9.17) is 0 Å². The maximum atomic E-state index is 2.32. The molecule has 4 rings (SSSR count). The molecule has 0 radical (unpaired) electrons. The van der Waals surface area contributed by atoms with E-state index in [1.165, 1.54) is 25.8 Å². The predicted octanol–water partition coefficient (Wildman–Crippen LogP) is 5.64. The average Bonchev–Trinajstić information content (AvgIpc) is 2.60. The van der Waals surface area contributed by atoms with Crippen LogP contribution in [-0.4, -0.2) is 0 Å². The largest absolute Gasteiger partial charge is 0.170 e. The second-order valence-electron chi connectivity index (χ2n) is 5.66. The first-order valence-corrected chi connectivity index (χ1v) is 9.10. The Morgan fingerprint density at radius 2 is 1.18 bits per heavy atom. The van der Waals surface area contributed by atoms with Gasteiger partial charge in [-0.25, -0.2) is 0 Å². The molecule has 3 aromatic carbocycles. The Hall–Kier alpha value is -1.99. The van der Waals surface area contributed by atoms with E-state index in [0.717, 1.165) is 6.42 Å². The van der Waals surface area contributed by atoms with Gasteiger partial charge in [-0.2, -0.15) is 0 Å². The van der Waals surface area contributed by atoms with Gasteiger partial charge in [0.25, 0.3) is 0 Å². The topological polar surface area (TPSA) is 0 Å². The molecule has 1 aliphatic rings. The van der Waals surface area contributed by atoms with E-state index in [2.05, 4.69) is 85.8 Å². The zero-order valence-corrected chi connectivity index (χ0v) is 13.5. The summed E-state index contributed by atoms with van der Waals surface area (Å²) in [4.78, 5) is 4.41. The Kier molecular flexibility index (Phi) is 3.51. The molecule has 0 saturated carbocycles. The standard InChI is InChI=1S/C21H19S/c1-2-17-18-12-6-8-14-20(18)22(16-10-4-3-5-11-16)21-15-9-7-13-19(17)21/h3-15,17H,2H2,1H3/q+1. The number of rotatable bonds is 2. The second kappa shape index (κ2) is 5.66. The van der Waals surface area contributed by atoms with Gasteiger partial charge < -0.3 is 0 Å². The molecule has 0 aromatic heterocycles. The summed E-state index contributed by atoms with van der Waals surface area (Å²) in [7, 11) is 0.0198. The third-order valence-corrected chi connectivity index (χ3v) is 6.78. The molecule has 0 amide bonds. The number of benzene rings is 3. The van der Waals surface area contributed by atoms with Gasteiger partial charge in [0.15, 0.2) is 14.7 Å². The highest BCUT2D eigenvalue weighted by atomic mass is 32.2. The van der Waals surface area contributed by atoms with Crippen molar-refractivity contribution in [2.45, 2.75) is 33.9 Å².